The number of hydrogen-bond donors (Lipinski definition) is 0. The van der Waals surface area contributed by atoms with E-state index < -0.39 is 0 Å². The Hall–Kier alpha value is -0.760. The molecule has 2 spiro atoms. The van der Waals surface area contributed by atoms with Crippen LogP contribution in [0.2, 0.25) is 0 Å². The van der Waals surface area contributed by atoms with E-state index in [4.69, 9.17) is 0 Å². The van der Waals surface area contributed by atoms with Crippen LogP contribution in [0, 0.1) is 0 Å². The summed E-state index contributed by atoms with van der Waals surface area (Å²) in [5.41, 5.74) is 2.88. The van der Waals surface area contributed by atoms with Crippen LogP contribution in [-0.4, -0.2) is 0 Å². The number of benzene rings is 2. The molecule has 2 aliphatic heterocycles. The highest BCUT2D eigenvalue weighted by atomic mass is 32.2. The Balaban J connectivity index is 1.55. The first kappa shape index (κ1) is 17.0. The molecule has 0 nitrogen and oxygen atoms in total. The summed E-state index contributed by atoms with van der Waals surface area (Å²) in [4.78, 5) is 8.73. The molecule has 136 valence electrons. The smallest absolute Gasteiger partial charge is 0.134 e. The zero-order chi connectivity index (χ0) is 18.3. The molecule has 0 saturated heterocycles. The summed E-state index contributed by atoms with van der Waals surface area (Å²) >= 11 is 12.2. The Morgan fingerprint density at radius 1 is 0.464 bits per heavy atom. The van der Waals surface area contributed by atoms with E-state index in [2.05, 4.69) is 118 Å². The van der Waals surface area contributed by atoms with Gasteiger partial charge in [-0.2, -0.15) is 0 Å². The zero-order valence-electron chi connectivity index (χ0n) is 14.4. The minimum absolute atomic E-state index is 0.0492. The van der Waals surface area contributed by atoms with Gasteiger partial charge in [0.25, 0.3) is 0 Å². The minimum Gasteiger partial charge on any atom is -0.146 e. The summed E-state index contributed by atoms with van der Waals surface area (Å²) < 4.78 is -0.0984. The van der Waals surface area contributed by atoms with Crippen molar-refractivity contribution in [3.8, 4) is 11.1 Å². The van der Waals surface area contributed by atoms with Gasteiger partial charge in [-0.05, 0) is 58.3 Å². The highest BCUT2D eigenvalue weighted by molar-refractivity contribution is 8.26. The lowest BCUT2D eigenvalue weighted by Crippen LogP contribution is -2.38. The summed E-state index contributed by atoms with van der Waals surface area (Å²) in [6.07, 6.45) is 0. The number of thioether (sulfide) groups is 4. The van der Waals surface area contributed by atoms with Gasteiger partial charge in [0, 0.05) is 29.3 Å². The Kier molecular flexibility index (Phi) is 3.58. The van der Waals surface area contributed by atoms with E-state index in [1.807, 2.05) is 22.7 Å². The summed E-state index contributed by atoms with van der Waals surface area (Å²) in [5, 5.41) is 4.57. The van der Waals surface area contributed by atoms with Gasteiger partial charge in [-0.1, -0.05) is 71.3 Å². The van der Waals surface area contributed by atoms with Crippen molar-refractivity contribution in [1.29, 1.82) is 0 Å². The SMILES string of the molecule is c1ccc2c(c1)SC1(S2)c2sccc2-c2ccsc2C12Sc1ccccc1S2. The normalized spacial score (nSPS) is 19.4. The van der Waals surface area contributed by atoms with Gasteiger partial charge in [-0.25, -0.2) is 0 Å². The molecule has 1 aliphatic carbocycles. The van der Waals surface area contributed by atoms with Gasteiger partial charge in [0.2, 0.25) is 0 Å². The Morgan fingerprint density at radius 2 is 0.821 bits per heavy atom. The molecule has 4 heterocycles. The number of thiophene rings is 2. The molecule has 0 N–H and O–H groups in total. The molecule has 0 saturated carbocycles. The summed E-state index contributed by atoms with van der Waals surface area (Å²) in [6.45, 7) is 0. The summed E-state index contributed by atoms with van der Waals surface area (Å²) in [5.74, 6) is 0. The van der Waals surface area contributed by atoms with Crippen molar-refractivity contribution in [2.24, 2.45) is 0 Å². The molecular formula is C22H12S6. The van der Waals surface area contributed by atoms with Crippen LogP contribution in [0.1, 0.15) is 9.75 Å². The maximum Gasteiger partial charge on any atom is 0.134 e. The second-order valence-corrected chi connectivity index (χ2v) is 14.2. The van der Waals surface area contributed by atoms with E-state index in [-0.39, 0.29) is 8.16 Å². The van der Waals surface area contributed by atoms with Crippen LogP contribution in [0.5, 0.6) is 0 Å². The van der Waals surface area contributed by atoms with Crippen molar-refractivity contribution in [2.75, 3.05) is 0 Å². The van der Waals surface area contributed by atoms with Gasteiger partial charge < -0.3 is 0 Å². The highest BCUT2D eigenvalue weighted by Crippen LogP contribution is 2.82. The van der Waals surface area contributed by atoms with Crippen LogP contribution in [0.25, 0.3) is 11.1 Å². The van der Waals surface area contributed by atoms with Crippen LogP contribution >= 0.6 is 69.7 Å². The maximum atomic E-state index is 2.34. The van der Waals surface area contributed by atoms with Gasteiger partial charge in [-0.3, -0.25) is 0 Å². The third kappa shape index (κ3) is 1.99. The van der Waals surface area contributed by atoms with Crippen molar-refractivity contribution in [3.63, 3.8) is 0 Å². The first-order valence-electron chi connectivity index (χ1n) is 8.91. The van der Waals surface area contributed by atoms with Crippen LogP contribution < -0.4 is 0 Å². The van der Waals surface area contributed by atoms with Crippen molar-refractivity contribution >= 4 is 69.7 Å². The number of fused-ring (bicyclic) bond motifs is 8. The van der Waals surface area contributed by atoms with Crippen LogP contribution in [0.4, 0.5) is 0 Å². The lowest BCUT2D eigenvalue weighted by molar-refractivity contribution is 0.812. The molecule has 0 unspecified atom stereocenters. The molecular weight excluding hydrogens is 457 g/mol. The minimum atomic E-state index is -0.0492. The van der Waals surface area contributed by atoms with Gasteiger partial charge >= 0.3 is 0 Å². The van der Waals surface area contributed by atoms with E-state index in [1.54, 1.807) is 0 Å². The van der Waals surface area contributed by atoms with Crippen molar-refractivity contribution < 1.29 is 0 Å². The van der Waals surface area contributed by atoms with Crippen LogP contribution in [0.15, 0.2) is 91.0 Å². The Bertz CT molecular complexity index is 1100. The van der Waals surface area contributed by atoms with Crippen LogP contribution in [-0.2, 0) is 8.16 Å². The lowest BCUT2D eigenvalue weighted by atomic mass is 9.96. The molecule has 0 bridgehead atoms. The predicted octanol–water partition coefficient (Wildman–Crippen LogP) is 8.59. The fourth-order valence-electron chi connectivity index (χ4n) is 4.20. The van der Waals surface area contributed by atoms with E-state index in [0.29, 0.717) is 0 Å². The molecule has 0 atom stereocenters. The third-order valence-corrected chi connectivity index (χ3v) is 15.2. The third-order valence-electron chi connectivity index (χ3n) is 5.36. The van der Waals surface area contributed by atoms with Gasteiger partial charge in [0.1, 0.15) is 8.16 Å². The molecule has 3 aliphatic rings. The van der Waals surface area contributed by atoms with E-state index >= 15 is 0 Å². The van der Waals surface area contributed by atoms with Crippen molar-refractivity contribution in [1.82, 2.24) is 0 Å². The van der Waals surface area contributed by atoms with Gasteiger partial charge in [0.15, 0.2) is 0 Å². The largest absolute Gasteiger partial charge is 0.146 e. The molecule has 0 amide bonds. The lowest BCUT2D eigenvalue weighted by Gasteiger charge is -2.46. The Morgan fingerprint density at radius 3 is 1.18 bits per heavy atom. The molecule has 2 aromatic carbocycles. The maximum absolute atomic E-state index is 2.34. The van der Waals surface area contributed by atoms with Gasteiger partial charge in [-0.15, -0.1) is 22.7 Å². The number of hydrogen-bond acceptors (Lipinski definition) is 6. The topological polar surface area (TPSA) is 0 Å². The first-order valence-corrected chi connectivity index (χ1v) is 13.9. The fourth-order valence-corrected chi connectivity index (χ4v) is 14.6. The van der Waals surface area contributed by atoms with Crippen molar-refractivity contribution in [3.05, 3.63) is 81.2 Å². The highest BCUT2D eigenvalue weighted by Gasteiger charge is 2.66. The monoisotopic (exact) mass is 468 g/mol. The van der Waals surface area contributed by atoms with E-state index in [9.17, 15) is 0 Å². The van der Waals surface area contributed by atoms with Crippen molar-refractivity contribution in [2.45, 2.75) is 27.7 Å². The average molecular weight is 469 g/mol. The average Bonchev–Trinajstić information content (AvgIpc) is 3.50. The molecule has 2 aromatic heterocycles. The number of rotatable bonds is 0. The fraction of sp³-hybridized carbons (Fsp3) is 0.0909. The molecule has 28 heavy (non-hydrogen) atoms. The quantitative estimate of drug-likeness (QED) is 0.253. The zero-order valence-corrected chi connectivity index (χ0v) is 19.3. The molecule has 6 heteroatoms. The second-order valence-electron chi connectivity index (χ2n) is 6.86. The molecule has 7 rings (SSSR count). The Labute approximate surface area is 188 Å². The summed E-state index contributed by atoms with van der Waals surface area (Å²) in [7, 11) is 0. The van der Waals surface area contributed by atoms with Gasteiger partial charge in [0.05, 0.1) is 0 Å². The standard InChI is InChI=1S/C22H12S6/c1-2-6-16-15(5-1)25-21(26-16)19-13(9-11-23-19)14-10-12-24-20(14)22(21)27-17-7-3-4-8-18(17)28-22/h1-12H. The molecule has 0 radical (unpaired) electrons. The second kappa shape index (κ2) is 5.90. The first-order chi connectivity index (χ1) is 13.8. The summed E-state index contributed by atoms with van der Waals surface area (Å²) in [6, 6.07) is 22.6. The van der Waals surface area contributed by atoms with E-state index in [0.717, 1.165) is 0 Å². The molecule has 0 fully saturated rings. The van der Waals surface area contributed by atoms with Crippen LogP contribution in [0.3, 0.4) is 0 Å². The van der Waals surface area contributed by atoms with E-state index in [1.165, 1.54) is 40.5 Å². The molecule has 4 aromatic rings. The predicted molar refractivity (Wildman–Crippen MR) is 127 cm³/mol.